The summed E-state index contributed by atoms with van der Waals surface area (Å²) >= 11 is 0. The van der Waals surface area contributed by atoms with Gasteiger partial charge in [-0.15, -0.1) is 0 Å². The van der Waals surface area contributed by atoms with Crippen LogP contribution in [0.25, 0.3) is 0 Å². The zero-order valence-corrected chi connectivity index (χ0v) is 5.82. The Bertz CT molecular complexity index is 337. The summed E-state index contributed by atoms with van der Waals surface area (Å²) in [6, 6.07) is 0.749. The van der Waals surface area contributed by atoms with Crippen molar-refractivity contribution in [2.75, 3.05) is 0 Å². The maximum Gasteiger partial charge on any atom is 0.338 e. The number of halogens is 1. The van der Waals surface area contributed by atoms with Gasteiger partial charge in [-0.25, -0.2) is 14.2 Å². The maximum absolute atomic E-state index is 12.4. The molecule has 1 aromatic rings. The van der Waals surface area contributed by atoms with E-state index in [1.54, 1.807) is 0 Å². The number of hydrogen-bond donors (Lipinski definition) is 1. The van der Waals surface area contributed by atoms with Crippen molar-refractivity contribution in [2.45, 2.75) is 0 Å². The van der Waals surface area contributed by atoms with E-state index in [1.165, 1.54) is 0 Å². The summed E-state index contributed by atoms with van der Waals surface area (Å²) in [4.78, 5) is 23.9. The van der Waals surface area contributed by atoms with Gasteiger partial charge < -0.3 is 5.11 Å². The predicted octanol–water partition coefficient (Wildman–Crippen LogP) is 0.731. The van der Waals surface area contributed by atoms with Crippen LogP contribution in [0.1, 0.15) is 20.8 Å². The first kappa shape index (κ1) is 8.32. The van der Waals surface area contributed by atoms with E-state index in [0.717, 1.165) is 12.3 Å². The van der Waals surface area contributed by atoms with E-state index in [1.807, 2.05) is 0 Å². The molecule has 0 aliphatic heterocycles. The molecule has 0 fully saturated rings. The summed E-state index contributed by atoms with van der Waals surface area (Å²) in [6.45, 7) is 0. The van der Waals surface area contributed by atoms with Crippen LogP contribution in [0.3, 0.4) is 0 Å². The van der Waals surface area contributed by atoms with Gasteiger partial charge in [0.1, 0.15) is 11.5 Å². The summed E-state index contributed by atoms with van der Waals surface area (Å²) in [7, 11) is 0. The van der Waals surface area contributed by atoms with Crippen LogP contribution in [0, 0.1) is 5.82 Å². The van der Waals surface area contributed by atoms with Crippen molar-refractivity contribution in [3.05, 3.63) is 29.3 Å². The Morgan fingerprint density at radius 1 is 1.67 bits per heavy atom. The number of carboxylic acid groups (broad SMARTS) is 1. The van der Waals surface area contributed by atoms with Gasteiger partial charge >= 0.3 is 5.97 Å². The van der Waals surface area contributed by atoms with Gasteiger partial charge in [0, 0.05) is 0 Å². The zero-order valence-electron chi connectivity index (χ0n) is 5.82. The largest absolute Gasteiger partial charge is 0.478 e. The van der Waals surface area contributed by atoms with Crippen molar-refractivity contribution < 1.29 is 19.1 Å². The van der Waals surface area contributed by atoms with Crippen molar-refractivity contribution in [1.82, 2.24) is 4.98 Å². The number of carbonyl (C=O) groups is 2. The fourth-order valence-electron chi connectivity index (χ4n) is 0.715. The Balaban J connectivity index is 3.30. The van der Waals surface area contributed by atoms with E-state index in [2.05, 4.69) is 4.98 Å². The smallest absolute Gasteiger partial charge is 0.338 e. The number of carbonyl (C=O) groups excluding carboxylic acids is 1. The number of aromatic nitrogens is 1. The molecule has 0 aliphatic carbocycles. The van der Waals surface area contributed by atoms with Crippen molar-refractivity contribution in [2.24, 2.45) is 0 Å². The van der Waals surface area contributed by atoms with Gasteiger partial charge in [-0.2, -0.15) is 0 Å². The fourth-order valence-corrected chi connectivity index (χ4v) is 0.715. The molecular weight excluding hydrogens is 165 g/mol. The van der Waals surface area contributed by atoms with E-state index in [9.17, 15) is 14.0 Å². The average molecular weight is 169 g/mol. The standard InChI is InChI=1S/C7H4FNO3/c8-4-1-5(7(11)12)6(3-10)9-2-4/h1-3H,(H,11,12). The molecule has 0 atom stereocenters. The Kier molecular flexibility index (Phi) is 2.14. The number of hydrogen-bond acceptors (Lipinski definition) is 3. The van der Waals surface area contributed by atoms with Crippen LogP contribution in [-0.4, -0.2) is 22.3 Å². The lowest BCUT2D eigenvalue weighted by molar-refractivity contribution is 0.0692. The quantitative estimate of drug-likeness (QED) is 0.662. The number of aldehydes is 1. The lowest BCUT2D eigenvalue weighted by atomic mass is 10.2. The van der Waals surface area contributed by atoms with Crippen molar-refractivity contribution in [1.29, 1.82) is 0 Å². The Morgan fingerprint density at radius 2 is 2.33 bits per heavy atom. The van der Waals surface area contributed by atoms with Gasteiger partial charge in [-0.05, 0) is 6.07 Å². The van der Waals surface area contributed by atoms with Gasteiger partial charge in [0.25, 0.3) is 0 Å². The Hall–Kier alpha value is -1.78. The van der Waals surface area contributed by atoms with Gasteiger partial charge in [-0.1, -0.05) is 0 Å². The molecule has 0 radical (unpaired) electrons. The highest BCUT2D eigenvalue weighted by molar-refractivity contribution is 5.95. The first-order chi connectivity index (χ1) is 5.65. The summed E-state index contributed by atoms with van der Waals surface area (Å²) in [5.74, 6) is -2.15. The van der Waals surface area contributed by atoms with Crippen LogP contribution < -0.4 is 0 Å². The molecule has 0 bridgehead atoms. The second-order valence-electron chi connectivity index (χ2n) is 2.01. The van der Waals surface area contributed by atoms with Crippen LogP contribution in [0.5, 0.6) is 0 Å². The van der Waals surface area contributed by atoms with Crippen LogP contribution in [0.4, 0.5) is 4.39 Å². The highest BCUT2D eigenvalue weighted by atomic mass is 19.1. The molecule has 1 rings (SSSR count). The van der Waals surface area contributed by atoms with E-state index in [0.29, 0.717) is 0 Å². The van der Waals surface area contributed by atoms with Crippen LogP contribution in [0.2, 0.25) is 0 Å². The fraction of sp³-hybridized carbons (Fsp3) is 0. The van der Waals surface area contributed by atoms with Gasteiger partial charge in [-0.3, -0.25) is 4.79 Å². The van der Waals surface area contributed by atoms with Crippen LogP contribution >= 0.6 is 0 Å². The van der Waals surface area contributed by atoms with Crippen LogP contribution in [0.15, 0.2) is 12.3 Å². The summed E-state index contributed by atoms with van der Waals surface area (Å²) in [5, 5.41) is 8.46. The zero-order chi connectivity index (χ0) is 9.14. The van der Waals surface area contributed by atoms with E-state index in [-0.39, 0.29) is 12.0 Å². The normalized spacial score (nSPS) is 9.42. The molecule has 0 aromatic carbocycles. The van der Waals surface area contributed by atoms with E-state index >= 15 is 0 Å². The molecule has 1 heterocycles. The molecule has 0 aliphatic rings. The topological polar surface area (TPSA) is 67.3 Å². The number of nitrogens with zero attached hydrogens (tertiary/aromatic N) is 1. The van der Waals surface area contributed by atoms with Gasteiger partial charge in [0.2, 0.25) is 0 Å². The molecule has 1 aromatic heterocycles. The molecule has 4 nitrogen and oxygen atoms in total. The minimum Gasteiger partial charge on any atom is -0.478 e. The second kappa shape index (κ2) is 3.08. The summed E-state index contributed by atoms with van der Waals surface area (Å²) in [6.07, 6.45) is 1.05. The number of rotatable bonds is 2. The minimum atomic E-state index is -1.37. The molecule has 0 spiro atoms. The van der Waals surface area contributed by atoms with Gasteiger partial charge in [0.15, 0.2) is 6.29 Å². The third-order valence-corrected chi connectivity index (χ3v) is 1.23. The Morgan fingerprint density at radius 3 is 2.83 bits per heavy atom. The van der Waals surface area contributed by atoms with E-state index in [4.69, 9.17) is 5.11 Å². The molecule has 0 unspecified atom stereocenters. The molecule has 1 N–H and O–H groups in total. The Labute approximate surface area is 66.7 Å². The van der Waals surface area contributed by atoms with Crippen molar-refractivity contribution in [3.8, 4) is 0 Å². The highest BCUT2D eigenvalue weighted by Crippen LogP contribution is 2.05. The lowest BCUT2D eigenvalue weighted by Gasteiger charge is -1.96. The van der Waals surface area contributed by atoms with Crippen LogP contribution in [-0.2, 0) is 0 Å². The predicted molar refractivity (Wildman–Crippen MR) is 36.5 cm³/mol. The second-order valence-corrected chi connectivity index (χ2v) is 2.01. The summed E-state index contributed by atoms with van der Waals surface area (Å²) < 4.78 is 12.4. The molecule has 12 heavy (non-hydrogen) atoms. The summed E-state index contributed by atoms with van der Waals surface area (Å²) in [5.41, 5.74) is -0.700. The third-order valence-electron chi connectivity index (χ3n) is 1.23. The first-order valence-corrected chi connectivity index (χ1v) is 2.99. The molecule has 5 heteroatoms. The molecular formula is C7H4FNO3. The molecule has 0 saturated heterocycles. The number of aromatic carboxylic acids is 1. The van der Waals surface area contributed by atoms with Crippen molar-refractivity contribution in [3.63, 3.8) is 0 Å². The third kappa shape index (κ3) is 1.45. The minimum absolute atomic E-state index is 0.267. The first-order valence-electron chi connectivity index (χ1n) is 2.99. The van der Waals surface area contributed by atoms with Crippen molar-refractivity contribution >= 4 is 12.3 Å². The number of pyridine rings is 1. The highest BCUT2D eigenvalue weighted by Gasteiger charge is 2.11. The van der Waals surface area contributed by atoms with E-state index < -0.39 is 17.3 Å². The SMILES string of the molecule is O=Cc1ncc(F)cc1C(=O)O. The molecule has 62 valence electrons. The monoisotopic (exact) mass is 169 g/mol. The maximum atomic E-state index is 12.4. The average Bonchev–Trinajstić information content (AvgIpc) is 2.04. The molecule has 0 amide bonds. The lowest BCUT2D eigenvalue weighted by Crippen LogP contribution is -2.04. The molecule has 0 saturated carbocycles. The number of carboxylic acids is 1. The van der Waals surface area contributed by atoms with Gasteiger partial charge in [0.05, 0.1) is 11.8 Å².